The molecule has 1 aliphatic heterocycles. The molecule has 0 spiro atoms. The fourth-order valence-corrected chi connectivity index (χ4v) is 5.15. The number of rotatable bonds is 7. The van der Waals surface area contributed by atoms with E-state index in [1.165, 1.54) is 32.1 Å². The van der Waals surface area contributed by atoms with Gasteiger partial charge in [0.05, 0.1) is 23.4 Å². The zero-order valence-corrected chi connectivity index (χ0v) is 19.0. The molecule has 7 nitrogen and oxygen atoms in total. The van der Waals surface area contributed by atoms with Crippen molar-refractivity contribution in [1.82, 2.24) is 15.1 Å². The zero-order chi connectivity index (χ0) is 22.8. The number of carbonyl (C=O) groups excluding carboxylic acids is 1. The summed E-state index contributed by atoms with van der Waals surface area (Å²) in [6.45, 7) is 2.20. The Labute approximate surface area is 193 Å². The van der Waals surface area contributed by atoms with Crippen LogP contribution in [0.4, 0.5) is 0 Å². The number of aromatic amines is 1. The van der Waals surface area contributed by atoms with Crippen LogP contribution in [0.3, 0.4) is 0 Å². The molecule has 33 heavy (non-hydrogen) atoms. The summed E-state index contributed by atoms with van der Waals surface area (Å²) in [5.74, 6) is 1.27. The van der Waals surface area contributed by atoms with E-state index in [1.807, 2.05) is 24.3 Å². The van der Waals surface area contributed by atoms with Gasteiger partial charge in [-0.25, -0.2) is 0 Å². The van der Waals surface area contributed by atoms with E-state index in [0.717, 1.165) is 46.3 Å². The number of nitrogens with one attached hydrogen (secondary N) is 1. The number of amides is 1. The predicted molar refractivity (Wildman–Crippen MR) is 127 cm³/mol. The minimum atomic E-state index is -0.166. The normalized spacial score (nSPS) is 16.3. The molecule has 1 fully saturated rings. The standard InChI is InChI=1S/C26H32N4O3/c27-9-4-10-33-20-8-7-18-15-30(16-19(18)12-20)26(32)22-13-21-23(11-17-5-2-1-3-6-17)28-29-24(21)14-25(22)31/h7-8,12-14,17,31H,1-6,9-11,15-16,27H2,(H,28,29). The number of hydrogen-bond acceptors (Lipinski definition) is 5. The van der Waals surface area contributed by atoms with Crippen molar-refractivity contribution in [3.05, 3.63) is 52.7 Å². The van der Waals surface area contributed by atoms with Crippen molar-refractivity contribution < 1.29 is 14.6 Å². The third kappa shape index (κ3) is 4.55. The summed E-state index contributed by atoms with van der Waals surface area (Å²) in [4.78, 5) is 15.2. The second kappa shape index (κ2) is 9.43. The van der Waals surface area contributed by atoms with E-state index >= 15 is 0 Å². The van der Waals surface area contributed by atoms with Gasteiger partial charge in [-0.05, 0) is 54.6 Å². The number of benzene rings is 2. The molecule has 5 rings (SSSR count). The number of ether oxygens (including phenoxy) is 1. The van der Waals surface area contributed by atoms with Crippen LogP contribution in [-0.2, 0) is 19.5 Å². The molecule has 1 aromatic heterocycles. The first kappa shape index (κ1) is 21.8. The summed E-state index contributed by atoms with van der Waals surface area (Å²) in [6, 6.07) is 9.41. The Morgan fingerprint density at radius 1 is 1.15 bits per heavy atom. The molecular weight excluding hydrogens is 416 g/mol. The number of phenolic OH excluding ortho intramolecular Hbond substituents is 1. The molecular formula is C26H32N4O3. The van der Waals surface area contributed by atoms with Crippen LogP contribution in [0.2, 0.25) is 0 Å². The van der Waals surface area contributed by atoms with Gasteiger partial charge < -0.3 is 20.5 Å². The highest BCUT2D eigenvalue weighted by atomic mass is 16.5. The lowest BCUT2D eigenvalue weighted by atomic mass is 9.85. The molecule has 2 aliphatic rings. The van der Waals surface area contributed by atoms with Gasteiger partial charge in [-0.15, -0.1) is 0 Å². The Kier molecular flexibility index (Phi) is 6.22. The Bertz CT molecular complexity index is 1150. The highest BCUT2D eigenvalue weighted by Crippen LogP contribution is 2.33. The van der Waals surface area contributed by atoms with E-state index in [2.05, 4.69) is 10.2 Å². The van der Waals surface area contributed by atoms with Crippen molar-refractivity contribution in [3.8, 4) is 11.5 Å². The Morgan fingerprint density at radius 2 is 1.97 bits per heavy atom. The monoisotopic (exact) mass is 448 g/mol. The minimum Gasteiger partial charge on any atom is -0.507 e. The summed E-state index contributed by atoms with van der Waals surface area (Å²) < 4.78 is 5.75. The summed E-state index contributed by atoms with van der Waals surface area (Å²) in [6.07, 6.45) is 8.09. The first-order valence-corrected chi connectivity index (χ1v) is 12.1. The van der Waals surface area contributed by atoms with Crippen LogP contribution in [0.15, 0.2) is 30.3 Å². The number of H-pyrrole nitrogens is 1. The lowest BCUT2D eigenvalue weighted by Crippen LogP contribution is -2.25. The number of fused-ring (bicyclic) bond motifs is 2. The first-order valence-electron chi connectivity index (χ1n) is 12.1. The van der Waals surface area contributed by atoms with Crippen molar-refractivity contribution in [2.45, 2.75) is 58.0 Å². The van der Waals surface area contributed by atoms with Crippen LogP contribution in [0.5, 0.6) is 11.5 Å². The van der Waals surface area contributed by atoms with Crippen LogP contribution in [0.1, 0.15) is 65.7 Å². The molecule has 1 aliphatic carbocycles. The minimum absolute atomic E-state index is 0.0119. The van der Waals surface area contributed by atoms with Crippen LogP contribution < -0.4 is 10.5 Å². The van der Waals surface area contributed by atoms with Crippen molar-refractivity contribution in [2.24, 2.45) is 11.7 Å². The van der Waals surface area contributed by atoms with Crippen LogP contribution >= 0.6 is 0 Å². The SMILES string of the molecule is NCCCOc1ccc2c(c1)CN(C(=O)c1cc3c(CC4CCCCC4)n[nH]c3cc1O)C2. The molecule has 0 bridgehead atoms. The van der Waals surface area contributed by atoms with E-state index in [-0.39, 0.29) is 11.7 Å². The molecule has 2 heterocycles. The van der Waals surface area contributed by atoms with Gasteiger partial charge in [0.25, 0.3) is 5.91 Å². The Balaban J connectivity index is 1.34. The maximum Gasteiger partial charge on any atom is 0.258 e. The van der Waals surface area contributed by atoms with Crippen LogP contribution in [0, 0.1) is 5.92 Å². The summed E-state index contributed by atoms with van der Waals surface area (Å²) >= 11 is 0. The lowest BCUT2D eigenvalue weighted by molar-refractivity contribution is 0.0748. The average Bonchev–Trinajstić information content (AvgIpc) is 3.42. The molecule has 2 aromatic carbocycles. The van der Waals surface area contributed by atoms with Gasteiger partial charge in [-0.2, -0.15) is 5.10 Å². The third-order valence-corrected chi connectivity index (χ3v) is 7.00. The van der Waals surface area contributed by atoms with E-state index in [0.29, 0.717) is 37.7 Å². The smallest absolute Gasteiger partial charge is 0.258 e. The van der Waals surface area contributed by atoms with Crippen molar-refractivity contribution in [2.75, 3.05) is 13.2 Å². The number of nitrogens with two attached hydrogens (primary N) is 1. The number of aromatic hydroxyl groups is 1. The summed E-state index contributed by atoms with van der Waals surface area (Å²) in [5, 5.41) is 19.1. The molecule has 3 aromatic rings. The molecule has 0 atom stereocenters. The highest BCUT2D eigenvalue weighted by molar-refractivity contribution is 6.01. The molecule has 0 unspecified atom stereocenters. The number of aromatic nitrogens is 2. The van der Waals surface area contributed by atoms with Gasteiger partial charge in [-0.1, -0.05) is 38.2 Å². The van der Waals surface area contributed by atoms with Crippen molar-refractivity contribution >= 4 is 16.8 Å². The van der Waals surface area contributed by atoms with E-state index < -0.39 is 0 Å². The largest absolute Gasteiger partial charge is 0.507 e. The van der Waals surface area contributed by atoms with E-state index in [1.54, 1.807) is 11.0 Å². The third-order valence-electron chi connectivity index (χ3n) is 7.00. The average molecular weight is 449 g/mol. The first-order chi connectivity index (χ1) is 16.1. The molecule has 1 saturated carbocycles. The molecule has 0 radical (unpaired) electrons. The quantitative estimate of drug-likeness (QED) is 0.468. The van der Waals surface area contributed by atoms with Crippen LogP contribution in [0.25, 0.3) is 10.9 Å². The van der Waals surface area contributed by atoms with Gasteiger partial charge in [0.15, 0.2) is 0 Å². The maximum absolute atomic E-state index is 13.4. The highest BCUT2D eigenvalue weighted by Gasteiger charge is 2.27. The van der Waals surface area contributed by atoms with Gasteiger partial charge in [-0.3, -0.25) is 9.89 Å². The second-order valence-corrected chi connectivity index (χ2v) is 9.38. The van der Waals surface area contributed by atoms with Gasteiger partial charge in [0.1, 0.15) is 11.5 Å². The molecule has 1 amide bonds. The van der Waals surface area contributed by atoms with Gasteiger partial charge >= 0.3 is 0 Å². The van der Waals surface area contributed by atoms with E-state index in [4.69, 9.17) is 10.5 Å². The fraction of sp³-hybridized carbons (Fsp3) is 0.462. The van der Waals surface area contributed by atoms with Gasteiger partial charge in [0, 0.05) is 24.5 Å². The topological polar surface area (TPSA) is 104 Å². The predicted octanol–water partition coefficient (Wildman–Crippen LogP) is 4.27. The Hall–Kier alpha value is -3.06. The molecule has 4 N–H and O–H groups in total. The molecule has 7 heteroatoms. The number of hydrogen-bond donors (Lipinski definition) is 3. The van der Waals surface area contributed by atoms with Crippen molar-refractivity contribution in [1.29, 1.82) is 0 Å². The van der Waals surface area contributed by atoms with Gasteiger partial charge in [0.2, 0.25) is 0 Å². The number of carbonyl (C=O) groups is 1. The number of nitrogens with zero attached hydrogens (tertiary/aromatic N) is 2. The number of phenols is 1. The fourth-order valence-electron chi connectivity index (χ4n) is 5.15. The van der Waals surface area contributed by atoms with E-state index in [9.17, 15) is 9.90 Å². The Morgan fingerprint density at radius 3 is 2.79 bits per heavy atom. The molecule has 174 valence electrons. The second-order valence-electron chi connectivity index (χ2n) is 9.38. The van der Waals surface area contributed by atoms with Crippen LogP contribution in [-0.4, -0.2) is 39.3 Å². The van der Waals surface area contributed by atoms with Crippen molar-refractivity contribution in [3.63, 3.8) is 0 Å². The maximum atomic E-state index is 13.4. The zero-order valence-electron chi connectivity index (χ0n) is 19.0. The lowest BCUT2D eigenvalue weighted by Gasteiger charge is -2.20. The summed E-state index contributed by atoms with van der Waals surface area (Å²) in [5.41, 5.74) is 9.83. The summed E-state index contributed by atoms with van der Waals surface area (Å²) in [7, 11) is 0. The molecule has 0 saturated heterocycles.